The predicted octanol–water partition coefficient (Wildman–Crippen LogP) is 1.92. The molecule has 102 valence electrons. The molecule has 4 heteroatoms. The van der Waals surface area contributed by atoms with Crippen molar-refractivity contribution >= 4 is 11.7 Å². The van der Waals surface area contributed by atoms with Crippen LogP contribution >= 0.6 is 0 Å². The number of amides is 1. The van der Waals surface area contributed by atoms with Crippen molar-refractivity contribution < 1.29 is 9.59 Å². The Labute approximate surface area is 114 Å². The van der Waals surface area contributed by atoms with Gasteiger partial charge in [-0.3, -0.25) is 9.59 Å². The molecule has 2 rings (SSSR count). The normalized spacial score (nSPS) is 29.3. The molecule has 1 aliphatic heterocycles. The smallest absolute Gasteiger partial charge is 0.222 e. The molecule has 0 bridgehead atoms. The number of rotatable bonds is 1. The maximum atomic E-state index is 12.2. The van der Waals surface area contributed by atoms with Crippen LogP contribution in [0.4, 0.5) is 0 Å². The van der Waals surface area contributed by atoms with Crippen LogP contribution in [0.1, 0.15) is 33.6 Å². The first kappa shape index (κ1) is 13.8. The van der Waals surface area contributed by atoms with Gasteiger partial charge in [-0.1, -0.05) is 26.8 Å². The first-order valence-electron chi connectivity index (χ1n) is 6.86. The fourth-order valence-corrected chi connectivity index (χ4v) is 3.39. The summed E-state index contributed by atoms with van der Waals surface area (Å²) < 4.78 is 0. The summed E-state index contributed by atoms with van der Waals surface area (Å²) >= 11 is 0. The van der Waals surface area contributed by atoms with Gasteiger partial charge in [0.25, 0.3) is 0 Å². The SMILES string of the molecule is CCC(=O)N1CCC2C(C=C(C#N)C(=O)C2(C)C)C1. The highest BCUT2D eigenvalue weighted by molar-refractivity contribution is 6.03. The molecule has 19 heavy (non-hydrogen) atoms. The van der Waals surface area contributed by atoms with Crippen LogP contribution in [0, 0.1) is 28.6 Å². The molecule has 0 radical (unpaired) electrons. The summed E-state index contributed by atoms with van der Waals surface area (Å²) in [6.07, 6.45) is 3.13. The van der Waals surface area contributed by atoms with Crippen molar-refractivity contribution in [1.82, 2.24) is 4.90 Å². The Kier molecular flexibility index (Phi) is 3.49. The second-order valence-electron chi connectivity index (χ2n) is 6.00. The van der Waals surface area contributed by atoms with E-state index in [-0.39, 0.29) is 29.1 Å². The first-order valence-corrected chi connectivity index (χ1v) is 6.86. The average Bonchev–Trinajstić information content (AvgIpc) is 2.41. The molecule has 0 spiro atoms. The average molecular weight is 260 g/mol. The highest BCUT2D eigenvalue weighted by atomic mass is 16.2. The van der Waals surface area contributed by atoms with E-state index in [1.807, 2.05) is 31.7 Å². The lowest BCUT2D eigenvalue weighted by atomic mass is 9.61. The standard InChI is InChI=1S/C15H20N2O2/c1-4-13(18)17-6-5-12-11(9-17)7-10(8-16)14(19)15(12,2)3/h7,11-12H,4-6,9H2,1-3H3. The third-order valence-corrected chi connectivity index (χ3v) is 4.57. The summed E-state index contributed by atoms with van der Waals surface area (Å²) in [6.45, 7) is 7.07. The number of ketones is 1. The Balaban J connectivity index is 2.29. The number of hydrogen-bond donors (Lipinski definition) is 0. The van der Waals surface area contributed by atoms with Crippen LogP contribution in [0.25, 0.3) is 0 Å². The Morgan fingerprint density at radius 3 is 2.84 bits per heavy atom. The van der Waals surface area contributed by atoms with Crippen molar-refractivity contribution in [2.75, 3.05) is 13.1 Å². The van der Waals surface area contributed by atoms with Gasteiger partial charge in [0, 0.05) is 24.9 Å². The Hall–Kier alpha value is -1.63. The third-order valence-electron chi connectivity index (χ3n) is 4.57. The van der Waals surface area contributed by atoms with Crippen molar-refractivity contribution in [3.8, 4) is 6.07 Å². The molecule has 0 aromatic carbocycles. The van der Waals surface area contributed by atoms with Gasteiger partial charge in [-0.2, -0.15) is 5.26 Å². The molecule has 0 N–H and O–H groups in total. The number of hydrogen-bond acceptors (Lipinski definition) is 3. The minimum absolute atomic E-state index is 0.0495. The van der Waals surface area contributed by atoms with Crippen molar-refractivity contribution in [2.45, 2.75) is 33.6 Å². The summed E-state index contributed by atoms with van der Waals surface area (Å²) in [7, 11) is 0. The number of carbonyl (C=O) groups is 2. The van der Waals surface area contributed by atoms with Gasteiger partial charge in [-0.05, 0) is 18.3 Å². The van der Waals surface area contributed by atoms with Crippen molar-refractivity contribution in [3.63, 3.8) is 0 Å². The molecule has 1 heterocycles. The summed E-state index contributed by atoms with van der Waals surface area (Å²) in [4.78, 5) is 25.9. The van der Waals surface area contributed by atoms with Crippen LogP contribution in [-0.4, -0.2) is 29.7 Å². The van der Waals surface area contributed by atoms with E-state index < -0.39 is 5.41 Å². The first-order chi connectivity index (χ1) is 8.91. The topological polar surface area (TPSA) is 61.2 Å². The lowest BCUT2D eigenvalue weighted by molar-refractivity contribution is -0.136. The van der Waals surface area contributed by atoms with Crippen LogP contribution in [0.3, 0.4) is 0 Å². The minimum Gasteiger partial charge on any atom is -0.342 e. The van der Waals surface area contributed by atoms with Crippen LogP contribution in [-0.2, 0) is 9.59 Å². The molecule has 1 aliphatic carbocycles. The number of nitriles is 1. The fourth-order valence-electron chi connectivity index (χ4n) is 3.39. The molecule has 0 saturated carbocycles. The Bertz CT molecular complexity index is 485. The zero-order valence-electron chi connectivity index (χ0n) is 11.8. The fraction of sp³-hybridized carbons (Fsp3) is 0.667. The van der Waals surface area contributed by atoms with Gasteiger partial charge in [-0.15, -0.1) is 0 Å². The maximum Gasteiger partial charge on any atom is 0.222 e. The zero-order chi connectivity index (χ0) is 14.2. The van der Waals surface area contributed by atoms with Crippen molar-refractivity contribution in [1.29, 1.82) is 5.26 Å². The Morgan fingerprint density at radius 2 is 2.26 bits per heavy atom. The number of fused-ring (bicyclic) bond motifs is 1. The van der Waals surface area contributed by atoms with E-state index in [2.05, 4.69) is 0 Å². The van der Waals surface area contributed by atoms with Gasteiger partial charge in [0.15, 0.2) is 5.78 Å². The molecule has 2 aliphatic rings. The van der Waals surface area contributed by atoms with E-state index in [0.29, 0.717) is 13.0 Å². The van der Waals surface area contributed by atoms with Gasteiger partial charge < -0.3 is 4.90 Å². The summed E-state index contributed by atoms with van der Waals surface area (Å²) in [6, 6.07) is 2.01. The molecule has 1 fully saturated rings. The second kappa shape index (κ2) is 4.80. The van der Waals surface area contributed by atoms with E-state index in [1.165, 1.54) is 0 Å². The number of Topliss-reactive ketones (excluding diaryl/α,β-unsaturated/α-hetero) is 1. The lowest BCUT2D eigenvalue weighted by Gasteiger charge is -2.46. The minimum atomic E-state index is -0.494. The number of carbonyl (C=O) groups excluding carboxylic acids is 2. The van der Waals surface area contributed by atoms with Crippen LogP contribution in [0.15, 0.2) is 11.6 Å². The number of piperidine rings is 1. The van der Waals surface area contributed by atoms with Crippen molar-refractivity contribution in [2.24, 2.45) is 17.3 Å². The molecule has 4 nitrogen and oxygen atoms in total. The largest absolute Gasteiger partial charge is 0.342 e. The second-order valence-corrected chi connectivity index (χ2v) is 6.00. The molecular weight excluding hydrogens is 240 g/mol. The molecule has 0 aromatic rings. The molecule has 1 amide bonds. The number of allylic oxidation sites excluding steroid dienone is 1. The van der Waals surface area contributed by atoms with Crippen molar-refractivity contribution in [3.05, 3.63) is 11.6 Å². The number of likely N-dealkylation sites (tertiary alicyclic amines) is 1. The van der Waals surface area contributed by atoms with E-state index in [0.717, 1.165) is 13.0 Å². The van der Waals surface area contributed by atoms with E-state index in [4.69, 9.17) is 5.26 Å². The summed E-state index contributed by atoms with van der Waals surface area (Å²) in [5.74, 6) is 0.469. The number of nitrogens with zero attached hydrogens (tertiary/aromatic N) is 2. The van der Waals surface area contributed by atoms with Gasteiger partial charge in [0.05, 0.1) is 5.57 Å². The van der Waals surface area contributed by atoms with Gasteiger partial charge in [0.2, 0.25) is 5.91 Å². The zero-order valence-corrected chi connectivity index (χ0v) is 11.8. The van der Waals surface area contributed by atoms with Crippen LogP contribution in [0.5, 0.6) is 0 Å². The van der Waals surface area contributed by atoms with Gasteiger partial charge in [-0.25, -0.2) is 0 Å². The maximum absolute atomic E-state index is 12.2. The summed E-state index contributed by atoms with van der Waals surface area (Å²) in [5.41, 5.74) is -0.233. The molecule has 2 atom stereocenters. The molecule has 1 saturated heterocycles. The van der Waals surface area contributed by atoms with Gasteiger partial charge in [0.1, 0.15) is 6.07 Å². The molecule has 2 unspecified atom stereocenters. The monoisotopic (exact) mass is 260 g/mol. The highest BCUT2D eigenvalue weighted by Crippen LogP contribution is 2.45. The van der Waals surface area contributed by atoms with Crippen LogP contribution in [0.2, 0.25) is 0 Å². The molecule has 0 aromatic heterocycles. The highest BCUT2D eigenvalue weighted by Gasteiger charge is 2.47. The predicted molar refractivity (Wildman–Crippen MR) is 71.0 cm³/mol. The summed E-state index contributed by atoms with van der Waals surface area (Å²) in [5, 5.41) is 9.09. The quantitative estimate of drug-likeness (QED) is 0.723. The van der Waals surface area contributed by atoms with Gasteiger partial charge >= 0.3 is 0 Å². The molecular formula is C15H20N2O2. The Morgan fingerprint density at radius 1 is 1.58 bits per heavy atom. The van der Waals surface area contributed by atoms with E-state index in [1.54, 1.807) is 6.08 Å². The lowest BCUT2D eigenvalue weighted by Crippen LogP contribution is -2.51. The van der Waals surface area contributed by atoms with E-state index >= 15 is 0 Å². The van der Waals surface area contributed by atoms with Crippen LogP contribution < -0.4 is 0 Å². The third kappa shape index (κ3) is 2.18. The van der Waals surface area contributed by atoms with E-state index in [9.17, 15) is 9.59 Å².